The fraction of sp³-hybridized carbons (Fsp3) is 0.417. The van der Waals surface area contributed by atoms with Gasteiger partial charge >= 0.3 is 0 Å². The van der Waals surface area contributed by atoms with Gasteiger partial charge in [0, 0.05) is 37.8 Å². The monoisotopic (exact) mass is 493 g/mol. The second kappa shape index (κ2) is 10.5. The summed E-state index contributed by atoms with van der Waals surface area (Å²) >= 11 is 0. The number of hydrogen-bond donors (Lipinski definition) is 1. The predicted octanol–water partition coefficient (Wildman–Crippen LogP) is 2.52. The maximum absolute atomic E-state index is 13.8. The van der Waals surface area contributed by atoms with Crippen LogP contribution >= 0.6 is 0 Å². The summed E-state index contributed by atoms with van der Waals surface area (Å²) in [5.41, 5.74) is 8.16. The molecule has 0 fully saturated rings. The molecule has 2 heterocycles. The van der Waals surface area contributed by atoms with Crippen molar-refractivity contribution < 1.29 is 26.7 Å². The lowest BCUT2D eigenvalue weighted by Gasteiger charge is -2.30. The van der Waals surface area contributed by atoms with Crippen LogP contribution in [0.15, 0.2) is 58.5 Å². The van der Waals surface area contributed by atoms with E-state index in [1.165, 1.54) is 11.4 Å². The molecule has 2 aromatic carbocycles. The zero-order valence-corrected chi connectivity index (χ0v) is 19.9. The number of methoxy groups -OCH3 is 1. The molecule has 4 rings (SSSR count). The minimum atomic E-state index is -3.60. The highest BCUT2D eigenvalue weighted by molar-refractivity contribution is 7.89. The number of sulfonamides is 1. The Labute approximate surface area is 198 Å². The van der Waals surface area contributed by atoms with E-state index in [1.807, 2.05) is 0 Å². The highest BCUT2D eigenvalue weighted by Crippen LogP contribution is 2.31. The molecule has 7 nitrogen and oxygen atoms in total. The summed E-state index contributed by atoms with van der Waals surface area (Å²) in [6.45, 7) is 2.72. The molecule has 2 aliphatic rings. The van der Waals surface area contributed by atoms with Crippen molar-refractivity contribution in [2.45, 2.75) is 24.0 Å². The highest BCUT2D eigenvalue weighted by atomic mass is 32.2. The number of nitrogens with zero attached hydrogens (tertiary/aromatic N) is 2. The molecule has 0 amide bonds. The third-order valence-corrected chi connectivity index (χ3v) is 8.12. The number of halogens is 2. The lowest BCUT2D eigenvalue weighted by molar-refractivity contribution is 0.0555. The van der Waals surface area contributed by atoms with Crippen molar-refractivity contribution in [2.24, 2.45) is 5.73 Å². The summed E-state index contributed by atoms with van der Waals surface area (Å²) in [7, 11) is -2.06. The van der Waals surface area contributed by atoms with E-state index in [1.54, 1.807) is 24.3 Å². The Bertz CT molecular complexity index is 1140. The summed E-state index contributed by atoms with van der Waals surface area (Å²) < 4.78 is 65.7. The molecule has 0 saturated heterocycles. The van der Waals surface area contributed by atoms with Gasteiger partial charge < -0.3 is 15.2 Å². The Kier molecular flexibility index (Phi) is 7.63. The maximum atomic E-state index is 13.8. The number of hydrogen-bond acceptors (Lipinski definition) is 6. The van der Waals surface area contributed by atoms with Crippen molar-refractivity contribution in [3.05, 3.63) is 70.8 Å². The molecule has 2 N–H and O–H groups in total. The molecular formula is C24H29F2N3O4S. The molecule has 2 aliphatic heterocycles. The molecular weight excluding hydrogens is 464 g/mol. The highest BCUT2D eigenvalue weighted by Gasteiger charge is 2.38. The van der Waals surface area contributed by atoms with Crippen molar-refractivity contribution in [1.82, 2.24) is 9.21 Å². The fourth-order valence-corrected chi connectivity index (χ4v) is 5.85. The van der Waals surface area contributed by atoms with Crippen LogP contribution in [0.4, 0.5) is 8.78 Å². The summed E-state index contributed by atoms with van der Waals surface area (Å²) in [5, 5.41) is 0. The zero-order valence-electron chi connectivity index (χ0n) is 19.0. The van der Waals surface area contributed by atoms with E-state index in [0.29, 0.717) is 51.5 Å². The predicted molar refractivity (Wildman–Crippen MR) is 124 cm³/mol. The molecule has 1 atom stereocenters. The standard InChI is InChI=1S/C24H29F2N3O4S/c1-32-22-3-5-23(6-4-22)34(30,31)29-13-18-11-28(12-19(18)14-29)21(8-9-27)16-33-15-17-10-20(25)2-7-24(17)26/h2-7,10,21H,8-9,11-16,27H2,1H3. The van der Waals surface area contributed by atoms with Crippen LogP contribution in [0, 0.1) is 11.6 Å². The average molecular weight is 494 g/mol. The van der Waals surface area contributed by atoms with Crippen molar-refractivity contribution in [2.75, 3.05) is 46.4 Å². The number of rotatable bonds is 10. The summed E-state index contributed by atoms with van der Waals surface area (Å²) in [6.07, 6.45) is 0.681. The summed E-state index contributed by atoms with van der Waals surface area (Å²) in [4.78, 5) is 2.46. The summed E-state index contributed by atoms with van der Waals surface area (Å²) in [6, 6.07) is 9.69. The first-order valence-electron chi connectivity index (χ1n) is 11.1. The Balaban J connectivity index is 1.34. The van der Waals surface area contributed by atoms with Gasteiger partial charge in [0.15, 0.2) is 0 Å². The minimum absolute atomic E-state index is 0.00105. The van der Waals surface area contributed by atoms with Crippen LogP contribution < -0.4 is 10.5 Å². The smallest absolute Gasteiger partial charge is 0.243 e. The quantitative estimate of drug-likeness (QED) is 0.512. The van der Waals surface area contributed by atoms with E-state index in [4.69, 9.17) is 15.2 Å². The van der Waals surface area contributed by atoms with Crippen LogP contribution in [-0.2, 0) is 21.4 Å². The van der Waals surface area contributed by atoms with Crippen molar-refractivity contribution in [1.29, 1.82) is 0 Å². The van der Waals surface area contributed by atoms with Crippen LogP contribution in [0.3, 0.4) is 0 Å². The van der Waals surface area contributed by atoms with Gasteiger partial charge in [0.05, 0.1) is 25.2 Å². The van der Waals surface area contributed by atoms with Gasteiger partial charge in [-0.05, 0) is 66.6 Å². The molecule has 34 heavy (non-hydrogen) atoms. The van der Waals surface area contributed by atoms with Gasteiger partial charge in [0.25, 0.3) is 0 Å². The lowest BCUT2D eigenvalue weighted by atomic mass is 10.2. The number of nitrogens with two attached hydrogens (primary N) is 1. The third-order valence-electron chi connectivity index (χ3n) is 6.31. The molecule has 0 saturated carbocycles. The lowest BCUT2D eigenvalue weighted by Crippen LogP contribution is -2.41. The van der Waals surface area contributed by atoms with E-state index >= 15 is 0 Å². The molecule has 0 spiro atoms. The van der Waals surface area contributed by atoms with Crippen molar-refractivity contribution in [3.63, 3.8) is 0 Å². The maximum Gasteiger partial charge on any atom is 0.243 e. The SMILES string of the molecule is COc1ccc(S(=O)(=O)N2CC3=C(CN(C(CCN)COCc4cc(F)ccc4F)C3)C2)cc1. The Morgan fingerprint density at radius 1 is 1.03 bits per heavy atom. The van der Waals surface area contributed by atoms with Crippen LogP contribution in [0.2, 0.25) is 0 Å². The summed E-state index contributed by atoms with van der Waals surface area (Å²) in [5.74, 6) is -0.408. The molecule has 184 valence electrons. The fourth-order valence-electron chi connectivity index (χ4n) is 4.42. The van der Waals surface area contributed by atoms with E-state index in [-0.39, 0.29) is 23.1 Å². The average Bonchev–Trinajstić information content (AvgIpc) is 3.41. The molecule has 10 heteroatoms. The van der Waals surface area contributed by atoms with Gasteiger partial charge in [0.2, 0.25) is 10.0 Å². The molecule has 0 bridgehead atoms. The van der Waals surface area contributed by atoms with Gasteiger partial charge in [-0.3, -0.25) is 4.90 Å². The van der Waals surface area contributed by atoms with E-state index in [0.717, 1.165) is 29.3 Å². The zero-order chi connectivity index (χ0) is 24.3. The Morgan fingerprint density at radius 2 is 1.71 bits per heavy atom. The van der Waals surface area contributed by atoms with Crippen molar-refractivity contribution >= 4 is 10.0 Å². The van der Waals surface area contributed by atoms with Gasteiger partial charge in [-0.1, -0.05) is 0 Å². The molecule has 0 radical (unpaired) electrons. The van der Waals surface area contributed by atoms with Crippen molar-refractivity contribution in [3.8, 4) is 5.75 Å². The second-order valence-electron chi connectivity index (χ2n) is 8.54. The number of ether oxygens (including phenoxy) is 2. The van der Waals surface area contributed by atoms with Gasteiger partial charge in [-0.15, -0.1) is 0 Å². The van der Waals surface area contributed by atoms with E-state index in [9.17, 15) is 17.2 Å². The van der Waals surface area contributed by atoms with Crippen LogP contribution in [0.5, 0.6) is 5.75 Å². The normalized spacial score (nSPS) is 17.9. The third kappa shape index (κ3) is 5.31. The van der Waals surface area contributed by atoms with Gasteiger partial charge in [-0.25, -0.2) is 17.2 Å². The first-order valence-corrected chi connectivity index (χ1v) is 12.6. The number of benzene rings is 2. The Hall–Kier alpha value is -2.37. The molecule has 1 unspecified atom stereocenters. The Morgan fingerprint density at radius 3 is 2.32 bits per heavy atom. The van der Waals surface area contributed by atoms with Crippen LogP contribution in [0.1, 0.15) is 12.0 Å². The second-order valence-corrected chi connectivity index (χ2v) is 10.5. The largest absolute Gasteiger partial charge is 0.497 e. The first-order chi connectivity index (χ1) is 16.3. The topological polar surface area (TPSA) is 85.1 Å². The van der Waals surface area contributed by atoms with Crippen LogP contribution in [0.25, 0.3) is 0 Å². The molecule has 0 aromatic heterocycles. The molecule has 0 aliphatic carbocycles. The minimum Gasteiger partial charge on any atom is -0.497 e. The van der Waals surface area contributed by atoms with Gasteiger partial charge in [0.1, 0.15) is 17.4 Å². The van der Waals surface area contributed by atoms with E-state index in [2.05, 4.69) is 4.90 Å². The molecule has 2 aromatic rings. The van der Waals surface area contributed by atoms with Gasteiger partial charge in [-0.2, -0.15) is 4.31 Å². The van der Waals surface area contributed by atoms with E-state index < -0.39 is 21.7 Å². The first kappa shape index (κ1) is 24.7. The van der Waals surface area contributed by atoms with Crippen LogP contribution in [-0.4, -0.2) is 70.1 Å².